The average Bonchev–Trinajstić information content (AvgIpc) is 2.88. The molecule has 6 heteroatoms. The highest BCUT2D eigenvalue weighted by Crippen LogP contribution is 2.29. The molecule has 0 aromatic heterocycles. The van der Waals surface area contributed by atoms with Gasteiger partial charge in [-0.3, -0.25) is 4.79 Å². The van der Waals surface area contributed by atoms with Crippen molar-refractivity contribution in [1.29, 1.82) is 0 Å². The second-order valence-corrected chi connectivity index (χ2v) is 5.19. The van der Waals surface area contributed by atoms with E-state index < -0.39 is 0 Å². The zero-order valence-electron chi connectivity index (χ0n) is 13.4. The van der Waals surface area contributed by atoms with Gasteiger partial charge in [0.15, 0.2) is 17.2 Å². The van der Waals surface area contributed by atoms with Crippen molar-refractivity contribution in [2.24, 2.45) is 10.2 Å². The summed E-state index contributed by atoms with van der Waals surface area (Å²) in [5.41, 5.74) is 2.67. The number of rotatable bonds is 4. The number of carbonyl (C=O) groups excluding carboxylic acids is 1. The molecular weight excluding hydrogens is 306 g/mol. The summed E-state index contributed by atoms with van der Waals surface area (Å²) in [5, 5.41) is 17.7. The second-order valence-electron chi connectivity index (χ2n) is 5.19. The Morgan fingerprint density at radius 2 is 2.04 bits per heavy atom. The van der Waals surface area contributed by atoms with E-state index in [-0.39, 0.29) is 11.7 Å². The van der Waals surface area contributed by atoms with Gasteiger partial charge >= 0.3 is 0 Å². The Labute approximate surface area is 139 Å². The van der Waals surface area contributed by atoms with E-state index >= 15 is 0 Å². The maximum Gasteiger partial charge on any atom is 0.279 e. The Bertz CT molecular complexity index is 843. The standard InChI is InChI=1S/C18H17N3O3/c1-3-21-14-7-5-4-6-13(14)17(18(21)23)20-19-11-12-8-9-15(22)16(10-12)24-2/h4-11,22H,3H2,1-2H3/b19-11+,20-17+. The number of benzene rings is 2. The molecule has 2 aromatic rings. The van der Waals surface area contributed by atoms with Crippen LogP contribution in [0.5, 0.6) is 11.5 Å². The van der Waals surface area contributed by atoms with E-state index in [0.29, 0.717) is 23.6 Å². The van der Waals surface area contributed by atoms with E-state index in [4.69, 9.17) is 4.74 Å². The molecule has 2 aromatic carbocycles. The van der Waals surface area contributed by atoms with Crippen LogP contribution in [-0.2, 0) is 4.79 Å². The summed E-state index contributed by atoms with van der Waals surface area (Å²) in [7, 11) is 1.48. The number of methoxy groups -OCH3 is 1. The third kappa shape index (κ3) is 2.74. The quantitative estimate of drug-likeness (QED) is 0.694. The van der Waals surface area contributed by atoms with Crippen LogP contribution in [0, 0.1) is 0 Å². The number of phenols is 1. The Balaban J connectivity index is 1.91. The highest BCUT2D eigenvalue weighted by atomic mass is 16.5. The fourth-order valence-electron chi connectivity index (χ4n) is 2.60. The molecule has 6 nitrogen and oxygen atoms in total. The van der Waals surface area contributed by atoms with Crippen molar-refractivity contribution >= 4 is 23.5 Å². The Hall–Kier alpha value is -3.15. The molecule has 3 rings (SSSR count). The molecule has 122 valence electrons. The molecule has 0 atom stereocenters. The number of ether oxygens (including phenoxy) is 1. The summed E-state index contributed by atoms with van der Waals surface area (Å²) in [6.45, 7) is 2.50. The van der Waals surface area contributed by atoms with Gasteiger partial charge in [0.1, 0.15) is 0 Å². The first kappa shape index (κ1) is 15.7. The largest absolute Gasteiger partial charge is 0.504 e. The monoisotopic (exact) mass is 323 g/mol. The number of phenolic OH excluding ortho intramolecular Hbond substituents is 1. The van der Waals surface area contributed by atoms with Crippen LogP contribution in [-0.4, -0.2) is 36.6 Å². The molecule has 1 heterocycles. The lowest BCUT2D eigenvalue weighted by Crippen LogP contribution is -2.29. The molecule has 0 saturated heterocycles. The summed E-state index contributed by atoms with van der Waals surface area (Å²) in [5.74, 6) is 0.254. The molecular formula is C18H17N3O3. The van der Waals surface area contributed by atoms with Gasteiger partial charge in [0.05, 0.1) is 19.0 Å². The summed E-state index contributed by atoms with van der Waals surface area (Å²) >= 11 is 0. The number of anilines is 1. The fourth-order valence-corrected chi connectivity index (χ4v) is 2.60. The van der Waals surface area contributed by atoms with Crippen LogP contribution in [0.15, 0.2) is 52.7 Å². The molecule has 0 spiro atoms. The normalized spacial score (nSPS) is 15.3. The third-order valence-corrected chi connectivity index (χ3v) is 3.78. The summed E-state index contributed by atoms with van der Waals surface area (Å²) in [4.78, 5) is 14.1. The number of amides is 1. The average molecular weight is 323 g/mol. The Kier molecular flexibility index (Phi) is 4.29. The number of aromatic hydroxyl groups is 1. The van der Waals surface area contributed by atoms with Crippen molar-refractivity contribution in [2.45, 2.75) is 6.92 Å². The third-order valence-electron chi connectivity index (χ3n) is 3.78. The van der Waals surface area contributed by atoms with Crippen LogP contribution in [0.4, 0.5) is 5.69 Å². The highest BCUT2D eigenvalue weighted by molar-refractivity contribution is 6.54. The summed E-state index contributed by atoms with van der Waals surface area (Å²) in [6.07, 6.45) is 1.51. The lowest BCUT2D eigenvalue weighted by molar-refractivity contribution is -0.112. The van der Waals surface area contributed by atoms with Crippen molar-refractivity contribution in [2.75, 3.05) is 18.6 Å². The number of nitrogens with zero attached hydrogens (tertiary/aromatic N) is 3. The first-order valence-corrected chi connectivity index (χ1v) is 7.55. The van der Waals surface area contributed by atoms with Gasteiger partial charge in [-0.15, -0.1) is 5.10 Å². The molecule has 1 amide bonds. The topological polar surface area (TPSA) is 74.5 Å². The maximum absolute atomic E-state index is 12.4. The predicted molar refractivity (Wildman–Crippen MR) is 93.3 cm³/mol. The van der Waals surface area contributed by atoms with E-state index in [1.54, 1.807) is 17.0 Å². The molecule has 1 aliphatic heterocycles. The first-order chi connectivity index (χ1) is 11.7. The fraction of sp³-hybridized carbons (Fsp3) is 0.167. The van der Waals surface area contributed by atoms with Crippen molar-refractivity contribution in [3.63, 3.8) is 0 Å². The van der Waals surface area contributed by atoms with Crippen LogP contribution in [0.25, 0.3) is 0 Å². The Morgan fingerprint density at radius 3 is 2.79 bits per heavy atom. The minimum Gasteiger partial charge on any atom is -0.504 e. The predicted octanol–water partition coefficient (Wildman–Crippen LogP) is 2.59. The number of carbonyl (C=O) groups is 1. The molecule has 0 bridgehead atoms. The molecule has 0 unspecified atom stereocenters. The van der Waals surface area contributed by atoms with Gasteiger partial charge in [-0.1, -0.05) is 18.2 Å². The van der Waals surface area contributed by atoms with Crippen molar-refractivity contribution in [3.05, 3.63) is 53.6 Å². The van der Waals surface area contributed by atoms with Crippen LogP contribution in [0.3, 0.4) is 0 Å². The zero-order chi connectivity index (χ0) is 17.1. The van der Waals surface area contributed by atoms with Gasteiger partial charge in [0, 0.05) is 12.1 Å². The second kappa shape index (κ2) is 6.54. The first-order valence-electron chi connectivity index (χ1n) is 7.55. The van der Waals surface area contributed by atoms with Crippen LogP contribution in [0.2, 0.25) is 0 Å². The molecule has 1 aliphatic rings. The molecule has 0 saturated carbocycles. The minimum atomic E-state index is -0.154. The molecule has 1 N–H and O–H groups in total. The van der Waals surface area contributed by atoms with E-state index in [1.165, 1.54) is 19.4 Å². The lowest BCUT2D eigenvalue weighted by atomic mass is 10.1. The Morgan fingerprint density at radius 1 is 1.25 bits per heavy atom. The van der Waals surface area contributed by atoms with Crippen molar-refractivity contribution < 1.29 is 14.6 Å². The highest BCUT2D eigenvalue weighted by Gasteiger charge is 2.32. The number of likely N-dealkylation sites (N-methyl/N-ethyl adjacent to an activating group) is 1. The SMILES string of the molecule is CCN1C(=O)/C(=N/N=C/c2ccc(O)c(OC)c2)c2ccccc21. The van der Waals surface area contributed by atoms with Gasteiger partial charge < -0.3 is 14.7 Å². The van der Waals surface area contributed by atoms with E-state index in [0.717, 1.165) is 11.3 Å². The molecule has 0 fully saturated rings. The smallest absolute Gasteiger partial charge is 0.279 e. The minimum absolute atomic E-state index is 0.0550. The van der Waals surface area contributed by atoms with Gasteiger partial charge in [0.25, 0.3) is 5.91 Å². The van der Waals surface area contributed by atoms with Crippen molar-refractivity contribution in [1.82, 2.24) is 0 Å². The summed E-state index contributed by atoms with van der Waals surface area (Å²) < 4.78 is 5.05. The van der Waals surface area contributed by atoms with Crippen molar-refractivity contribution in [3.8, 4) is 11.5 Å². The number of para-hydroxylation sites is 1. The number of fused-ring (bicyclic) bond motifs is 1. The molecule has 0 radical (unpaired) electrons. The zero-order valence-corrected chi connectivity index (χ0v) is 13.4. The van der Waals surface area contributed by atoms with Gasteiger partial charge in [-0.05, 0) is 36.8 Å². The van der Waals surface area contributed by atoms with Crippen LogP contribution < -0.4 is 9.64 Å². The van der Waals surface area contributed by atoms with Crippen LogP contribution in [0.1, 0.15) is 18.1 Å². The molecule has 0 aliphatic carbocycles. The lowest BCUT2D eigenvalue weighted by Gasteiger charge is -2.12. The van der Waals surface area contributed by atoms with Gasteiger partial charge in [-0.2, -0.15) is 5.10 Å². The van der Waals surface area contributed by atoms with E-state index in [2.05, 4.69) is 10.2 Å². The van der Waals surface area contributed by atoms with Gasteiger partial charge in [0.2, 0.25) is 0 Å². The summed E-state index contributed by atoms with van der Waals surface area (Å²) in [6, 6.07) is 12.4. The van der Waals surface area contributed by atoms with E-state index in [9.17, 15) is 9.90 Å². The number of hydrogen-bond acceptors (Lipinski definition) is 5. The maximum atomic E-state index is 12.4. The number of hydrogen-bond donors (Lipinski definition) is 1. The van der Waals surface area contributed by atoms with Crippen LogP contribution >= 0.6 is 0 Å². The van der Waals surface area contributed by atoms with Gasteiger partial charge in [-0.25, -0.2) is 0 Å². The van der Waals surface area contributed by atoms with E-state index in [1.807, 2.05) is 31.2 Å². The molecule has 24 heavy (non-hydrogen) atoms.